The normalized spacial score (nSPS) is 19.6. The lowest BCUT2D eigenvalue weighted by atomic mass is 10.1. The molecule has 1 saturated heterocycles. The molecule has 3 rings (SSSR count). The number of hydrogen-bond acceptors (Lipinski definition) is 7. The van der Waals surface area contributed by atoms with E-state index in [1.54, 1.807) is 25.4 Å². The molecule has 0 aromatic carbocycles. The second-order valence-corrected chi connectivity index (χ2v) is 7.07. The molecule has 2 amide bonds. The van der Waals surface area contributed by atoms with Gasteiger partial charge in [-0.05, 0) is 38.4 Å². The Balaban J connectivity index is 1.34. The maximum Gasteiger partial charge on any atom is 0.238 e. The third kappa shape index (κ3) is 5.19. The Bertz CT molecular complexity index is 773. The highest BCUT2D eigenvalue weighted by Crippen LogP contribution is 2.24. The maximum atomic E-state index is 12.1. The van der Waals surface area contributed by atoms with Crippen LogP contribution in [0.4, 0.5) is 0 Å². The van der Waals surface area contributed by atoms with E-state index in [1.807, 2.05) is 7.05 Å². The van der Waals surface area contributed by atoms with E-state index >= 15 is 0 Å². The average molecular weight is 389 g/mol. The monoisotopic (exact) mass is 389 g/mol. The Labute approximate surface area is 163 Å². The van der Waals surface area contributed by atoms with Crippen molar-refractivity contribution < 1.29 is 18.5 Å². The van der Waals surface area contributed by atoms with Crippen molar-refractivity contribution in [2.45, 2.75) is 50.6 Å². The first-order valence-electron chi connectivity index (χ1n) is 9.62. The van der Waals surface area contributed by atoms with Crippen LogP contribution >= 0.6 is 0 Å². The minimum absolute atomic E-state index is 0.00826. The van der Waals surface area contributed by atoms with Crippen LogP contribution in [0.25, 0.3) is 11.6 Å². The van der Waals surface area contributed by atoms with Gasteiger partial charge in [-0.15, -0.1) is 0 Å². The Morgan fingerprint density at radius 3 is 2.86 bits per heavy atom. The minimum atomic E-state index is 0.00826. The summed E-state index contributed by atoms with van der Waals surface area (Å²) in [7, 11) is 3.67. The number of aryl methyl sites for hydroxylation is 1. The third-order valence-corrected chi connectivity index (χ3v) is 5.22. The molecule has 1 aliphatic heterocycles. The van der Waals surface area contributed by atoms with E-state index in [1.165, 1.54) is 0 Å². The van der Waals surface area contributed by atoms with Gasteiger partial charge in [0.15, 0.2) is 5.76 Å². The average Bonchev–Trinajstić information content (AvgIpc) is 3.43. The molecule has 2 atom stereocenters. The number of hydrogen-bond donors (Lipinski definition) is 2. The van der Waals surface area contributed by atoms with Gasteiger partial charge in [0, 0.05) is 44.9 Å². The fourth-order valence-electron chi connectivity index (χ4n) is 3.48. The van der Waals surface area contributed by atoms with Crippen LogP contribution in [0.1, 0.15) is 38.0 Å². The minimum Gasteiger partial charge on any atom is -0.461 e. The van der Waals surface area contributed by atoms with E-state index < -0.39 is 0 Å². The van der Waals surface area contributed by atoms with Crippen LogP contribution < -0.4 is 10.6 Å². The fourth-order valence-corrected chi connectivity index (χ4v) is 3.48. The lowest BCUT2D eigenvalue weighted by Crippen LogP contribution is -2.42. The molecular formula is C19H27N5O4. The van der Waals surface area contributed by atoms with Crippen LogP contribution in [0.15, 0.2) is 27.3 Å². The van der Waals surface area contributed by atoms with Crippen LogP contribution in [0, 0.1) is 0 Å². The Hall–Kier alpha value is -2.68. The van der Waals surface area contributed by atoms with Gasteiger partial charge >= 0.3 is 0 Å². The van der Waals surface area contributed by atoms with Crippen LogP contribution in [0.3, 0.4) is 0 Å². The van der Waals surface area contributed by atoms with Crippen molar-refractivity contribution in [2.75, 3.05) is 20.6 Å². The summed E-state index contributed by atoms with van der Waals surface area (Å²) in [5, 5.41) is 9.53. The van der Waals surface area contributed by atoms with Gasteiger partial charge in [0.1, 0.15) is 0 Å². The number of amides is 2. The van der Waals surface area contributed by atoms with Crippen LogP contribution in [-0.2, 0) is 16.0 Å². The van der Waals surface area contributed by atoms with E-state index in [2.05, 4.69) is 25.7 Å². The molecule has 1 aliphatic rings. The number of nitrogens with zero attached hydrogens (tertiary/aromatic N) is 3. The number of carbonyl (C=O) groups excluding carboxylic acids is 2. The summed E-state index contributed by atoms with van der Waals surface area (Å²) in [5.74, 6) is 1.53. The van der Waals surface area contributed by atoms with Gasteiger partial charge in [-0.3, -0.25) is 14.5 Å². The summed E-state index contributed by atoms with van der Waals surface area (Å²) in [4.78, 5) is 30.1. The summed E-state index contributed by atoms with van der Waals surface area (Å²) in [6, 6.07) is 4.03. The number of furan rings is 1. The Morgan fingerprint density at radius 1 is 1.29 bits per heavy atom. The molecule has 2 aromatic rings. The smallest absolute Gasteiger partial charge is 0.238 e. The molecule has 28 heavy (non-hydrogen) atoms. The Morgan fingerprint density at radius 2 is 2.11 bits per heavy atom. The largest absolute Gasteiger partial charge is 0.461 e. The van der Waals surface area contributed by atoms with Crippen molar-refractivity contribution in [3.63, 3.8) is 0 Å². The molecular weight excluding hydrogens is 362 g/mol. The van der Waals surface area contributed by atoms with E-state index in [4.69, 9.17) is 8.94 Å². The van der Waals surface area contributed by atoms with Gasteiger partial charge < -0.3 is 19.6 Å². The van der Waals surface area contributed by atoms with Crippen LogP contribution in [0.5, 0.6) is 0 Å². The zero-order chi connectivity index (χ0) is 19.9. The molecule has 0 radical (unpaired) electrons. The molecule has 0 unspecified atom stereocenters. The van der Waals surface area contributed by atoms with E-state index in [0.717, 1.165) is 12.8 Å². The molecule has 2 aromatic heterocycles. The van der Waals surface area contributed by atoms with Gasteiger partial charge in [0.05, 0.1) is 6.26 Å². The predicted molar refractivity (Wildman–Crippen MR) is 101 cm³/mol. The highest BCUT2D eigenvalue weighted by Gasteiger charge is 2.31. The molecule has 2 N–H and O–H groups in total. The van der Waals surface area contributed by atoms with Crippen molar-refractivity contribution in [1.82, 2.24) is 25.7 Å². The van der Waals surface area contributed by atoms with Crippen molar-refractivity contribution in [3.05, 3.63) is 24.3 Å². The first kappa shape index (κ1) is 20.1. The predicted octanol–water partition coefficient (Wildman–Crippen LogP) is 1.37. The number of rotatable bonds is 9. The number of carbonyl (C=O) groups is 2. The summed E-state index contributed by atoms with van der Waals surface area (Å²) in [6.45, 7) is 0.600. The summed E-state index contributed by atoms with van der Waals surface area (Å²) >= 11 is 0. The van der Waals surface area contributed by atoms with E-state index in [-0.39, 0.29) is 23.9 Å². The molecule has 0 bridgehead atoms. The molecule has 3 heterocycles. The van der Waals surface area contributed by atoms with Gasteiger partial charge in [-0.25, -0.2) is 0 Å². The zero-order valence-electron chi connectivity index (χ0n) is 16.3. The summed E-state index contributed by atoms with van der Waals surface area (Å²) < 4.78 is 10.4. The second-order valence-electron chi connectivity index (χ2n) is 7.07. The van der Waals surface area contributed by atoms with Gasteiger partial charge in [-0.1, -0.05) is 5.16 Å². The first-order chi connectivity index (χ1) is 13.6. The zero-order valence-corrected chi connectivity index (χ0v) is 16.3. The van der Waals surface area contributed by atoms with Gasteiger partial charge in [0.2, 0.25) is 23.5 Å². The van der Waals surface area contributed by atoms with Crippen molar-refractivity contribution >= 4 is 11.8 Å². The van der Waals surface area contributed by atoms with Crippen LogP contribution in [0.2, 0.25) is 0 Å². The standard InChI is InChI=1S/C19H27N5O4/c1-20-17(26)11-13-8-9-14(24(13)2)12-21-16(25)6-3-7-18-22-19(23-28-18)15-5-4-10-27-15/h4-5,10,13-14H,3,6-9,11-12H2,1-2H3,(H,20,26)(H,21,25)/t13-,14+/m1/s1. The molecule has 9 nitrogen and oxygen atoms in total. The second kappa shape index (κ2) is 9.50. The highest BCUT2D eigenvalue weighted by molar-refractivity contribution is 5.76. The topological polar surface area (TPSA) is 114 Å². The summed E-state index contributed by atoms with van der Waals surface area (Å²) in [5.41, 5.74) is 0. The third-order valence-electron chi connectivity index (χ3n) is 5.22. The number of likely N-dealkylation sites (N-methyl/N-ethyl adjacent to an activating group) is 1. The molecule has 0 aliphatic carbocycles. The summed E-state index contributed by atoms with van der Waals surface area (Å²) in [6.07, 6.45) is 5.58. The lowest BCUT2D eigenvalue weighted by molar-refractivity contribution is -0.122. The van der Waals surface area contributed by atoms with E-state index in [0.29, 0.717) is 49.7 Å². The van der Waals surface area contributed by atoms with Crippen molar-refractivity contribution in [3.8, 4) is 11.6 Å². The molecule has 0 saturated carbocycles. The van der Waals surface area contributed by atoms with Crippen molar-refractivity contribution in [2.24, 2.45) is 0 Å². The van der Waals surface area contributed by atoms with E-state index in [9.17, 15) is 9.59 Å². The fraction of sp³-hybridized carbons (Fsp3) is 0.579. The maximum absolute atomic E-state index is 12.1. The van der Waals surface area contributed by atoms with Crippen molar-refractivity contribution in [1.29, 1.82) is 0 Å². The van der Waals surface area contributed by atoms with Crippen LogP contribution in [-0.4, -0.2) is 59.6 Å². The molecule has 152 valence electrons. The molecule has 9 heteroatoms. The SMILES string of the molecule is CNC(=O)C[C@H]1CC[C@@H](CNC(=O)CCCc2nc(-c3ccco3)no2)N1C. The quantitative estimate of drug-likeness (QED) is 0.666. The molecule has 1 fully saturated rings. The number of aromatic nitrogens is 2. The lowest BCUT2D eigenvalue weighted by Gasteiger charge is -2.25. The van der Waals surface area contributed by atoms with Gasteiger partial charge in [0.25, 0.3) is 0 Å². The molecule has 0 spiro atoms. The number of nitrogens with one attached hydrogen (secondary N) is 2. The first-order valence-corrected chi connectivity index (χ1v) is 9.62. The number of likely N-dealkylation sites (tertiary alicyclic amines) is 1. The van der Waals surface area contributed by atoms with Gasteiger partial charge in [-0.2, -0.15) is 4.98 Å². The highest BCUT2D eigenvalue weighted by atomic mass is 16.5. The Kier molecular flexibility index (Phi) is 6.80.